The van der Waals surface area contributed by atoms with Crippen LogP contribution in [0.3, 0.4) is 0 Å². The van der Waals surface area contributed by atoms with Gasteiger partial charge in [0.1, 0.15) is 0 Å². The number of hydrogen-bond acceptors (Lipinski definition) is 3. The maximum Gasteiger partial charge on any atom is 0.236 e. The molecule has 102 valence electrons. The van der Waals surface area contributed by atoms with Crippen molar-refractivity contribution < 1.29 is 4.79 Å². The van der Waals surface area contributed by atoms with Gasteiger partial charge in [-0.2, -0.15) is 0 Å². The van der Waals surface area contributed by atoms with E-state index in [1.54, 1.807) is 0 Å². The highest BCUT2D eigenvalue weighted by atomic mass is 16.2. The van der Waals surface area contributed by atoms with Gasteiger partial charge in [0.2, 0.25) is 5.91 Å². The molecule has 0 bridgehead atoms. The predicted octanol–water partition coefficient (Wildman–Crippen LogP) is 1.32. The first-order valence-corrected chi connectivity index (χ1v) is 6.98. The van der Waals surface area contributed by atoms with E-state index in [1.165, 1.54) is 16.8 Å². The van der Waals surface area contributed by atoms with Gasteiger partial charge in [0.25, 0.3) is 0 Å². The summed E-state index contributed by atoms with van der Waals surface area (Å²) in [5, 5.41) is 3.47. The molecule has 1 unspecified atom stereocenters. The Labute approximate surface area is 114 Å². The van der Waals surface area contributed by atoms with Crippen molar-refractivity contribution in [3.8, 4) is 0 Å². The molecule has 4 nitrogen and oxygen atoms in total. The lowest BCUT2D eigenvalue weighted by Gasteiger charge is -2.37. The molecule has 2 aliphatic rings. The standard InChI is InChI=1S/C15H21N3O/c1-11-8-18(10-14(19)17(11)2)9-13-5-3-4-12-6-7-16-15(12)13/h3-5,11,16H,6-10H2,1-2H3. The fourth-order valence-electron chi connectivity index (χ4n) is 3.01. The van der Waals surface area contributed by atoms with Crippen molar-refractivity contribution in [2.75, 3.05) is 32.0 Å². The van der Waals surface area contributed by atoms with Crippen LogP contribution in [0.5, 0.6) is 0 Å². The Hall–Kier alpha value is -1.55. The third-order valence-electron chi connectivity index (χ3n) is 4.26. The molecule has 19 heavy (non-hydrogen) atoms. The summed E-state index contributed by atoms with van der Waals surface area (Å²) in [5.74, 6) is 0.222. The van der Waals surface area contributed by atoms with Crippen LogP contribution in [0.1, 0.15) is 18.1 Å². The second-order valence-corrected chi connectivity index (χ2v) is 5.65. The molecule has 3 rings (SSSR count). The number of para-hydroxylation sites is 1. The summed E-state index contributed by atoms with van der Waals surface area (Å²) in [7, 11) is 1.89. The largest absolute Gasteiger partial charge is 0.384 e. The van der Waals surface area contributed by atoms with Crippen molar-refractivity contribution in [2.45, 2.75) is 25.9 Å². The fourth-order valence-corrected chi connectivity index (χ4v) is 3.01. The minimum atomic E-state index is 0.222. The average Bonchev–Trinajstić information content (AvgIpc) is 2.85. The second-order valence-electron chi connectivity index (χ2n) is 5.65. The molecule has 1 aromatic rings. The Morgan fingerprint density at radius 1 is 1.42 bits per heavy atom. The molecular formula is C15H21N3O. The van der Waals surface area contributed by atoms with E-state index < -0.39 is 0 Å². The summed E-state index contributed by atoms with van der Waals surface area (Å²) in [5.41, 5.74) is 4.02. The normalized spacial score (nSPS) is 23.4. The molecule has 0 saturated carbocycles. The topological polar surface area (TPSA) is 35.6 Å². The first kappa shape index (κ1) is 12.5. The smallest absolute Gasteiger partial charge is 0.236 e. The number of benzene rings is 1. The third kappa shape index (κ3) is 2.32. The SMILES string of the molecule is CC1CN(Cc2cccc3c2NCC3)CC(=O)N1C. The van der Waals surface area contributed by atoms with E-state index in [1.807, 2.05) is 11.9 Å². The molecule has 1 amide bonds. The molecule has 0 aromatic heterocycles. The summed E-state index contributed by atoms with van der Waals surface area (Å²) >= 11 is 0. The fraction of sp³-hybridized carbons (Fsp3) is 0.533. The number of carbonyl (C=O) groups excluding carboxylic acids is 1. The summed E-state index contributed by atoms with van der Waals surface area (Å²) in [4.78, 5) is 16.0. The molecule has 0 spiro atoms. The lowest BCUT2D eigenvalue weighted by atomic mass is 10.1. The number of carbonyl (C=O) groups is 1. The molecular weight excluding hydrogens is 238 g/mol. The van der Waals surface area contributed by atoms with Crippen molar-refractivity contribution in [3.63, 3.8) is 0 Å². The summed E-state index contributed by atoms with van der Waals surface area (Å²) in [6.07, 6.45) is 1.11. The first-order chi connectivity index (χ1) is 9.15. The molecule has 1 saturated heterocycles. The minimum Gasteiger partial charge on any atom is -0.384 e. The maximum absolute atomic E-state index is 11.9. The highest BCUT2D eigenvalue weighted by Crippen LogP contribution is 2.27. The second kappa shape index (κ2) is 4.85. The number of nitrogens with one attached hydrogen (secondary N) is 1. The summed E-state index contributed by atoms with van der Waals surface area (Å²) in [6.45, 7) is 5.48. The molecule has 0 aliphatic carbocycles. The number of rotatable bonds is 2. The highest BCUT2D eigenvalue weighted by Gasteiger charge is 2.27. The van der Waals surface area contributed by atoms with Crippen molar-refractivity contribution in [2.24, 2.45) is 0 Å². The van der Waals surface area contributed by atoms with Crippen LogP contribution >= 0.6 is 0 Å². The van der Waals surface area contributed by atoms with E-state index in [-0.39, 0.29) is 5.91 Å². The zero-order valence-electron chi connectivity index (χ0n) is 11.6. The van der Waals surface area contributed by atoms with Gasteiger partial charge in [-0.1, -0.05) is 18.2 Å². The third-order valence-corrected chi connectivity index (χ3v) is 4.26. The number of likely N-dealkylation sites (N-methyl/N-ethyl adjacent to an activating group) is 1. The lowest BCUT2D eigenvalue weighted by molar-refractivity contribution is -0.137. The molecule has 1 atom stereocenters. The first-order valence-electron chi connectivity index (χ1n) is 6.98. The summed E-state index contributed by atoms with van der Waals surface area (Å²) in [6, 6.07) is 6.79. The zero-order valence-corrected chi connectivity index (χ0v) is 11.6. The maximum atomic E-state index is 11.9. The predicted molar refractivity (Wildman–Crippen MR) is 76.1 cm³/mol. The monoisotopic (exact) mass is 259 g/mol. The highest BCUT2D eigenvalue weighted by molar-refractivity contribution is 5.79. The van der Waals surface area contributed by atoms with Crippen LogP contribution in [-0.4, -0.2) is 48.4 Å². The number of hydrogen-bond donors (Lipinski definition) is 1. The molecule has 0 radical (unpaired) electrons. The van der Waals surface area contributed by atoms with E-state index in [9.17, 15) is 4.79 Å². The van der Waals surface area contributed by atoms with Gasteiger partial charge in [-0.05, 0) is 24.5 Å². The summed E-state index contributed by atoms with van der Waals surface area (Å²) < 4.78 is 0. The van der Waals surface area contributed by atoms with Gasteiger partial charge >= 0.3 is 0 Å². The minimum absolute atomic E-state index is 0.222. The molecule has 4 heteroatoms. The Morgan fingerprint density at radius 2 is 2.26 bits per heavy atom. The molecule has 1 N–H and O–H groups in total. The van der Waals surface area contributed by atoms with Crippen LogP contribution in [0.4, 0.5) is 5.69 Å². The molecule has 2 heterocycles. The number of piperazine rings is 1. The van der Waals surface area contributed by atoms with Gasteiger partial charge in [0, 0.05) is 38.4 Å². The Kier molecular flexibility index (Phi) is 3.19. The van der Waals surface area contributed by atoms with Gasteiger partial charge in [0.05, 0.1) is 6.54 Å². The molecule has 2 aliphatic heterocycles. The molecule has 1 fully saturated rings. The van der Waals surface area contributed by atoms with Gasteiger partial charge in [-0.3, -0.25) is 9.69 Å². The van der Waals surface area contributed by atoms with E-state index in [0.29, 0.717) is 12.6 Å². The van der Waals surface area contributed by atoms with Crippen LogP contribution < -0.4 is 5.32 Å². The molecule has 1 aromatic carbocycles. The number of nitrogens with zero attached hydrogens (tertiary/aromatic N) is 2. The lowest BCUT2D eigenvalue weighted by Crippen LogP contribution is -2.53. The van der Waals surface area contributed by atoms with Crippen LogP contribution in [0.15, 0.2) is 18.2 Å². The van der Waals surface area contributed by atoms with E-state index >= 15 is 0 Å². The van der Waals surface area contributed by atoms with Crippen LogP contribution in [0.25, 0.3) is 0 Å². The number of anilines is 1. The quantitative estimate of drug-likeness (QED) is 0.870. The van der Waals surface area contributed by atoms with Crippen molar-refractivity contribution >= 4 is 11.6 Å². The van der Waals surface area contributed by atoms with E-state index in [2.05, 4.69) is 35.3 Å². The van der Waals surface area contributed by atoms with E-state index in [0.717, 1.165) is 26.1 Å². The van der Waals surface area contributed by atoms with Crippen LogP contribution in [-0.2, 0) is 17.8 Å². The van der Waals surface area contributed by atoms with Crippen molar-refractivity contribution in [3.05, 3.63) is 29.3 Å². The van der Waals surface area contributed by atoms with Crippen LogP contribution in [0.2, 0.25) is 0 Å². The van der Waals surface area contributed by atoms with Gasteiger partial charge < -0.3 is 10.2 Å². The number of amides is 1. The van der Waals surface area contributed by atoms with Crippen molar-refractivity contribution in [1.82, 2.24) is 9.80 Å². The Morgan fingerprint density at radius 3 is 3.05 bits per heavy atom. The Balaban J connectivity index is 1.76. The zero-order chi connectivity index (χ0) is 13.4. The van der Waals surface area contributed by atoms with E-state index in [4.69, 9.17) is 0 Å². The van der Waals surface area contributed by atoms with Crippen LogP contribution in [0, 0.1) is 0 Å². The van der Waals surface area contributed by atoms with Crippen molar-refractivity contribution in [1.29, 1.82) is 0 Å². The van der Waals surface area contributed by atoms with Gasteiger partial charge in [-0.15, -0.1) is 0 Å². The average molecular weight is 259 g/mol. The van der Waals surface area contributed by atoms with Gasteiger partial charge in [-0.25, -0.2) is 0 Å². The number of fused-ring (bicyclic) bond motifs is 1. The Bertz CT molecular complexity index is 500. The van der Waals surface area contributed by atoms with Gasteiger partial charge in [0.15, 0.2) is 0 Å².